The summed E-state index contributed by atoms with van der Waals surface area (Å²) in [6.07, 6.45) is 5.52. The van der Waals surface area contributed by atoms with Gasteiger partial charge in [0.1, 0.15) is 17.3 Å². The van der Waals surface area contributed by atoms with E-state index in [1.807, 2.05) is 40.0 Å². The first-order valence-electron chi connectivity index (χ1n) is 11.5. The normalized spacial score (nSPS) is 18.6. The van der Waals surface area contributed by atoms with Crippen molar-refractivity contribution in [1.29, 1.82) is 0 Å². The molecule has 1 fully saturated rings. The third-order valence-electron chi connectivity index (χ3n) is 5.70. The van der Waals surface area contributed by atoms with E-state index >= 15 is 0 Å². The molecule has 1 saturated carbocycles. The van der Waals surface area contributed by atoms with E-state index in [0.29, 0.717) is 10.6 Å². The Morgan fingerprint density at radius 1 is 1.29 bits per heavy atom. The van der Waals surface area contributed by atoms with E-state index < -0.39 is 17.5 Å². The molecule has 1 aliphatic rings. The first-order valence-corrected chi connectivity index (χ1v) is 11.9. The van der Waals surface area contributed by atoms with Crippen LogP contribution in [0.15, 0.2) is 41.7 Å². The van der Waals surface area contributed by atoms with Crippen molar-refractivity contribution in [3.05, 3.63) is 58.6 Å². The molecule has 3 aromatic rings. The number of anilines is 1. The van der Waals surface area contributed by atoms with Gasteiger partial charge in [0.05, 0.1) is 33.7 Å². The number of alkyl carbamates (subject to hydrolysis) is 1. The number of nitrogens with zero attached hydrogens (tertiary/aromatic N) is 3. The number of benzene rings is 1. The summed E-state index contributed by atoms with van der Waals surface area (Å²) in [7, 11) is 0. The molecule has 0 bridgehead atoms. The van der Waals surface area contributed by atoms with Crippen molar-refractivity contribution in [2.45, 2.75) is 64.6 Å². The van der Waals surface area contributed by atoms with E-state index in [2.05, 4.69) is 20.7 Å². The van der Waals surface area contributed by atoms with Crippen LogP contribution in [0.3, 0.4) is 0 Å². The maximum absolute atomic E-state index is 13.7. The third-order valence-corrected chi connectivity index (χ3v) is 6.02. The van der Waals surface area contributed by atoms with Crippen LogP contribution in [0.25, 0.3) is 5.52 Å². The second-order valence-corrected chi connectivity index (χ2v) is 10.3. The number of hydrogen-bond acceptors (Lipinski definition) is 5. The molecule has 2 atom stereocenters. The van der Waals surface area contributed by atoms with E-state index in [1.165, 1.54) is 18.2 Å². The SMILES string of the molecule is Cc1cc2c(N[C@@H]3CC[C@H](NC(=O)OC(C)(C)C)C3)c(/C(N)=N/c3cc(F)ccc3Cl)cnn2c1. The standard InChI is InChI=1S/C25H30ClFN6O2/c1-14-9-21-22(30-16-6-7-17(11-16)31-24(34)35-25(2,3)4)18(12-29-33(21)13-14)23(28)32-20-10-15(27)5-8-19(20)26/h5,8-10,12-13,16-17,30H,6-7,11H2,1-4H3,(H2,28,32)(H,31,34)/t16-,17+/m1/s1. The highest BCUT2D eigenvalue weighted by molar-refractivity contribution is 6.33. The number of halogens is 2. The number of amides is 1. The Hall–Kier alpha value is -3.33. The van der Waals surface area contributed by atoms with Gasteiger partial charge in [0.2, 0.25) is 0 Å². The lowest BCUT2D eigenvalue weighted by molar-refractivity contribution is 0.0505. The summed E-state index contributed by atoms with van der Waals surface area (Å²) in [4.78, 5) is 16.6. The highest BCUT2D eigenvalue weighted by atomic mass is 35.5. The fourth-order valence-corrected chi connectivity index (χ4v) is 4.38. The lowest BCUT2D eigenvalue weighted by Gasteiger charge is -2.22. The topological polar surface area (TPSA) is 106 Å². The van der Waals surface area contributed by atoms with Gasteiger partial charge >= 0.3 is 6.09 Å². The number of aromatic nitrogens is 2. The molecule has 2 heterocycles. The van der Waals surface area contributed by atoms with Crippen LogP contribution >= 0.6 is 11.6 Å². The van der Waals surface area contributed by atoms with E-state index in [4.69, 9.17) is 22.1 Å². The van der Waals surface area contributed by atoms with Crippen LogP contribution in [-0.4, -0.2) is 39.2 Å². The number of fused-ring (bicyclic) bond motifs is 1. The van der Waals surface area contributed by atoms with Gasteiger partial charge in [-0.2, -0.15) is 5.10 Å². The summed E-state index contributed by atoms with van der Waals surface area (Å²) in [5.74, 6) is -0.292. The summed E-state index contributed by atoms with van der Waals surface area (Å²) in [5.41, 5.74) is 9.30. The fourth-order valence-electron chi connectivity index (χ4n) is 4.22. The lowest BCUT2D eigenvalue weighted by Crippen LogP contribution is -2.38. The number of rotatable bonds is 5. The zero-order valence-corrected chi connectivity index (χ0v) is 21.0. The van der Waals surface area contributed by atoms with Gasteiger partial charge in [0, 0.05) is 24.3 Å². The smallest absolute Gasteiger partial charge is 0.407 e. The predicted molar refractivity (Wildman–Crippen MR) is 136 cm³/mol. The van der Waals surface area contributed by atoms with Crippen LogP contribution in [0.5, 0.6) is 0 Å². The zero-order chi connectivity index (χ0) is 25.3. The van der Waals surface area contributed by atoms with Gasteiger partial charge in [0.25, 0.3) is 0 Å². The number of aliphatic imine (C=N–C) groups is 1. The summed E-state index contributed by atoms with van der Waals surface area (Å²) < 4.78 is 20.9. The number of nitrogens with two attached hydrogens (primary N) is 1. The zero-order valence-electron chi connectivity index (χ0n) is 20.2. The van der Waals surface area contributed by atoms with Gasteiger partial charge in [-0.15, -0.1) is 0 Å². The minimum atomic E-state index is -0.549. The maximum Gasteiger partial charge on any atom is 0.407 e. The van der Waals surface area contributed by atoms with Gasteiger partial charge in [0.15, 0.2) is 0 Å². The molecule has 10 heteroatoms. The van der Waals surface area contributed by atoms with Crippen molar-refractivity contribution < 1.29 is 13.9 Å². The Kier molecular flexibility index (Phi) is 6.89. The molecule has 186 valence electrons. The molecule has 1 aromatic carbocycles. The average molecular weight is 501 g/mol. The first-order chi connectivity index (χ1) is 16.5. The van der Waals surface area contributed by atoms with E-state index in [1.54, 1.807) is 10.7 Å². The number of carbonyl (C=O) groups excluding carboxylic acids is 1. The van der Waals surface area contributed by atoms with E-state index in [-0.39, 0.29) is 23.6 Å². The van der Waals surface area contributed by atoms with Crippen molar-refractivity contribution in [1.82, 2.24) is 14.9 Å². The molecule has 1 amide bonds. The molecule has 4 rings (SSSR count). The van der Waals surface area contributed by atoms with Crippen molar-refractivity contribution in [3.63, 3.8) is 0 Å². The van der Waals surface area contributed by atoms with Crippen LogP contribution in [-0.2, 0) is 4.74 Å². The van der Waals surface area contributed by atoms with Crippen molar-refractivity contribution in [2.75, 3.05) is 5.32 Å². The summed E-state index contributed by atoms with van der Waals surface area (Å²) in [6.45, 7) is 7.50. The highest BCUT2D eigenvalue weighted by Crippen LogP contribution is 2.31. The van der Waals surface area contributed by atoms with Gasteiger partial charge in [-0.1, -0.05) is 11.6 Å². The number of amidine groups is 1. The van der Waals surface area contributed by atoms with Gasteiger partial charge in [-0.3, -0.25) is 0 Å². The quantitative estimate of drug-likeness (QED) is 0.324. The van der Waals surface area contributed by atoms with Crippen LogP contribution in [0.2, 0.25) is 5.02 Å². The molecule has 0 aliphatic heterocycles. The predicted octanol–water partition coefficient (Wildman–Crippen LogP) is 5.33. The second-order valence-electron chi connectivity index (χ2n) is 9.87. The molecule has 8 nitrogen and oxygen atoms in total. The minimum Gasteiger partial charge on any atom is -0.444 e. The van der Waals surface area contributed by atoms with Crippen LogP contribution in [0.4, 0.5) is 20.6 Å². The van der Waals surface area contributed by atoms with Gasteiger partial charge in [-0.05, 0) is 70.7 Å². The maximum atomic E-state index is 13.7. The number of nitrogens with one attached hydrogen (secondary N) is 2. The number of ether oxygens (including phenoxy) is 1. The molecule has 4 N–H and O–H groups in total. The summed E-state index contributed by atoms with van der Waals surface area (Å²) >= 11 is 6.19. The molecule has 2 aromatic heterocycles. The molecule has 1 aliphatic carbocycles. The third kappa shape index (κ3) is 6.03. The number of hydrogen-bond donors (Lipinski definition) is 3. The van der Waals surface area contributed by atoms with Gasteiger partial charge < -0.3 is 21.1 Å². The van der Waals surface area contributed by atoms with E-state index in [9.17, 15) is 9.18 Å². The van der Waals surface area contributed by atoms with E-state index in [0.717, 1.165) is 36.0 Å². The van der Waals surface area contributed by atoms with Crippen molar-refractivity contribution in [3.8, 4) is 0 Å². The molecule has 0 unspecified atom stereocenters. The Bertz CT molecular complexity index is 1280. The largest absolute Gasteiger partial charge is 0.444 e. The first kappa shape index (κ1) is 24.8. The minimum absolute atomic E-state index is 0.00528. The molecular weight excluding hydrogens is 471 g/mol. The molecule has 0 spiro atoms. The molecule has 35 heavy (non-hydrogen) atoms. The van der Waals surface area contributed by atoms with Crippen LogP contribution < -0.4 is 16.4 Å². The Balaban J connectivity index is 1.60. The Morgan fingerprint density at radius 2 is 2.03 bits per heavy atom. The molecular formula is C25H30ClFN6O2. The fraction of sp³-hybridized carbons (Fsp3) is 0.400. The number of aryl methyl sites for hydroxylation is 1. The Morgan fingerprint density at radius 3 is 2.77 bits per heavy atom. The lowest BCUT2D eigenvalue weighted by atomic mass is 10.1. The monoisotopic (exact) mass is 500 g/mol. The molecule has 0 radical (unpaired) electrons. The highest BCUT2D eigenvalue weighted by Gasteiger charge is 2.29. The Labute approximate surface area is 208 Å². The molecule has 0 saturated heterocycles. The second kappa shape index (κ2) is 9.73. The average Bonchev–Trinajstić information content (AvgIpc) is 3.34. The van der Waals surface area contributed by atoms with Gasteiger partial charge in [-0.25, -0.2) is 18.7 Å². The summed E-state index contributed by atoms with van der Waals surface area (Å²) in [5, 5.41) is 11.3. The van der Waals surface area contributed by atoms with Crippen molar-refractivity contribution >= 4 is 40.4 Å². The van der Waals surface area contributed by atoms with Crippen LogP contribution in [0, 0.1) is 12.7 Å². The van der Waals surface area contributed by atoms with Crippen molar-refractivity contribution in [2.24, 2.45) is 10.7 Å². The summed E-state index contributed by atoms with van der Waals surface area (Å²) in [6, 6.07) is 6.03. The van der Waals surface area contributed by atoms with Crippen LogP contribution in [0.1, 0.15) is 51.2 Å². The number of carbonyl (C=O) groups is 1.